The van der Waals surface area contributed by atoms with Crippen LogP contribution in [0.25, 0.3) is 11.2 Å². The molecule has 0 amide bonds. The quantitative estimate of drug-likeness (QED) is 0.173. The largest absolute Gasteiger partial charge is 0.497 e. The van der Waals surface area contributed by atoms with Gasteiger partial charge in [-0.3, -0.25) is 4.57 Å². The standard InChI is InChI=1S/C36H39N5O4/c1-5-6-17-28-30-31(45-35(2,3)44-30)34(43-28)41-23-39-29-32(37-22-38-33(29)41)40-36(24-13-9-7-10-14-24,25-15-11-8-12-16-25)26-18-20-27(42-4)21-19-26/h7-16,18-23,28,30-31,34H,5-6,17H2,1-4H3,(H,37,38,40)/t28-,30-,31-,34-/m1/s1. The number of nitrogens with zero attached hydrogens (tertiary/aromatic N) is 4. The minimum atomic E-state index is -0.813. The van der Waals surface area contributed by atoms with Gasteiger partial charge in [0, 0.05) is 0 Å². The fourth-order valence-electron chi connectivity index (χ4n) is 6.76. The third-order valence-electron chi connectivity index (χ3n) is 8.84. The number of rotatable bonds is 10. The molecular weight excluding hydrogens is 566 g/mol. The topological polar surface area (TPSA) is 92.6 Å². The summed E-state index contributed by atoms with van der Waals surface area (Å²) in [5.41, 5.74) is 3.60. The number of unbranched alkanes of at least 4 members (excludes halogenated alkanes) is 1. The van der Waals surface area contributed by atoms with Gasteiger partial charge in [0.05, 0.1) is 19.5 Å². The van der Waals surface area contributed by atoms with E-state index < -0.39 is 17.6 Å². The highest BCUT2D eigenvalue weighted by molar-refractivity contribution is 5.84. The highest BCUT2D eigenvalue weighted by Gasteiger charge is 2.55. The molecule has 232 valence electrons. The molecule has 2 aliphatic rings. The van der Waals surface area contributed by atoms with E-state index in [2.05, 4.69) is 72.9 Å². The predicted octanol–water partition coefficient (Wildman–Crippen LogP) is 6.85. The van der Waals surface area contributed by atoms with Gasteiger partial charge in [0.2, 0.25) is 0 Å². The van der Waals surface area contributed by atoms with E-state index in [1.165, 1.54) is 0 Å². The van der Waals surface area contributed by atoms with Gasteiger partial charge in [-0.2, -0.15) is 0 Å². The number of imidazole rings is 1. The van der Waals surface area contributed by atoms with E-state index in [0.717, 1.165) is 41.7 Å². The molecule has 45 heavy (non-hydrogen) atoms. The van der Waals surface area contributed by atoms with Gasteiger partial charge in [-0.15, -0.1) is 0 Å². The molecule has 0 saturated carbocycles. The summed E-state index contributed by atoms with van der Waals surface area (Å²) in [5.74, 6) is 0.692. The maximum Gasteiger partial charge on any atom is 0.167 e. The van der Waals surface area contributed by atoms with Crippen LogP contribution in [0.2, 0.25) is 0 Å². The van der Waals surface area contributed by atoms with Crippen LogP contribution < -0.4 is 10.1 Å². The van der Waals surface area contributed by atoms with Crippen LogP contribution in [0.5, 0.6) is 5.75 Å². The van der Waals surface area contributed by atoms with Crippen molar-refractivity contribution in [1.82, 2.24) is 19.5 Å². The summed E-state index contributed by atoms with van der Waals surface area (Å²) in [5, 5.41) is 3.86. The zero-order chi connectivity index (χ0) is 31.0. The van der Waals surface area contributed by atoms with Crippen molar-refractivity contribution < 1.29 is 18.9 Å². The number of nitrogens with one attached hydrogen (secondary N) is 1. The van der Waals surface area contributed by atoms with Gasteiger partial charge in [-0.1, -0.05) is 92.6 Å². The average molecular weight is 606 g/mol. The molecule has 3 aromatic carbocycles. The zero-order valence-electron chi connectivity index (χ0n) is 26.1. The maximum absolute atomic E-state index is 6.63. The zero-order valence-corrected chi connectivity index (χ0v) is 26.1. The van der Waals surface area contributed by atoms with E-state index in [0.29, 0.717) is 17.0 Å². The number of hydrogen-bond acceptors (Lipinski definition) is 8. The lowest BCUT2D eigenvalue weighted by atomic mass is 9.77. The van der Waals surface area contributed by atoms with Crippen LogP contribution in [0.3, 0.4) is 0 Å². The summed E-state index contributed by atoms with van der Waals surface area (Å²) in [6, 6.07) is 28.9. The number of anilines is 1. The van der Waals surface area contributed by atoms with Crippen molar-refractivity contribution in [3.05, 3.63) is 114 Å². The first-order chi connectivity index (χ1) is 21.9. The first-order valence-electron chi connectivity index (χ1n) is 15.7. The van der Waals surface area contributed by atoms with Crippen molar-refractivity contribution in [3.8, 4) is 5.75 Å². The van der Waals surface area contributed by atoms with E-state index in [1.807, 2.05) is 42.7 Å². The molecular formula is C36H39N5O4. The molecule has 0 spiro atoms. The van der Waals surface area contributed by atoms with E-state index in [9.17, 15) is 0 Å². The Labute approximate surface area is 263 Å². The Morgan fingerprint density at radius 3 is 2.13 bits per heavy atom. The minimum absolute atomic E-state index is 0.0718. The SMILES string of the molecule is CCCC[C@H]1O[C@@H](n2cnc3c(NC(c4ccccc4)(c4ccccc4)c4ccc(OC)cc4)ncnc32)[C@@H]2OC(C)(C)O[C@@H]21. The molecule has 5 aromatic rings. The summed E-state index contributed by atoms with van der Waals surface area (Å²) in [6.07, 6.45) is 5.46. The van der Waals surface area contributed by atoms with Crippen LogP contribution in [-0.4, -0.2) is 50.7 Å². The smallest absolute Gasteiger partial charge is 0.167 e. The van der Waals surface area contributed by atoms with Gasteiger partial charge < -0.3 is 24.3 Å². The molecule has 0 radical (unpaired) electrons. The number of ether oxygens (including phenoxy) is 4. The van der Waals surface area contributed by atoms with Gasteiger partial charge in [0.25, 0.3) is 0 Å². The predicted molar refractivity (Wildman–Crippen MR) is 172 cm³/mol. The van der Waals surface area contributed by atoms with E-state index in [4.69, 9.17) is 33.9 Å². The number of hydrogen-bond donors (Lipinski definition) is 1. The second kappa shape index (κ2) is 11.9. The Bertz CT molecular complexity index is 1700. The van der Waals surface area contributed by atoms with E-state index in [-0.39, 0.29) is 18.3 Å². The average Bonchev–Trinajstić information content (AvgIpc) is 3.74. The molecule has 0 aliphatic carbocycles. The monoisotopic (exact) mass is 605 g/mol. The lowest BCUT2D eigenvalue weighted by Gasteiger charge is -2.37. The summed E-state index contributed by atoms with van der Waals surface area (Å²) in [4.78, 5) is 14.4. The molecule has 7 rings (SSSR count). The van der Waals surface area contributed by atoms with Crippen LogP contribution in [0.15, 0.2) is 97.6 Å². The lowest BCUT2D eigenvalue weighted by Crippen LogP contribution is -2.38. The van der Waals surface area contributed by atoms with E-state index >= 15 is 0 Å². The molecule has 0 unspecified atom stereocenters. The summed E-state index contributed by atoms with van der Waals surface area (Å²) < 4.78 is 26.9. The molecule has 4 heterocycles. The molecule has 1 N–H and O–H groups in total. The Kier molecular flexibility index (Phi) is 7.77. The highest BCUT2D eigenvalue weighted by Crippen LogP contribution is 2.46. The third kappa shape index (κ3) is 5.24. The molecule has 9 heteroatoms. The Morgan fingerprint density at radius 1 is 0.844 bits per heavy atom. The van der Waals surface area contributed by atoms with Crippen LogP contribution in [0.4, 0.5) is 5.82 Å². The first kappa shape index (κ1) is 29.4. The maximum atomic E-state index is 6.63. The second-order valence-corrected chi connectivity index (χ2v) is 12.2. The van der Waals surface area contributed by atoms with Crippen LogP contribution in [0.1, 0.15) is 63.0 Å². The summed E-state index contributed by atoms with van der Waals surface area (Å²) in [7, 11) is 1.68. The van der Waals surface area contributed by atoms with Crippen molar-refractivity contribution in [1.29, 1.82) is 0 Å². The molecule has 4 atom stereocenters. The molecule has 9 nitrogen and oxygen atoms in total. The van der Waals surface area contributed by atoms with Crippen molar-refractivity contribution in [2.24, 2.45) is 0 Å². The molecule has 2 aliphatic heterocycles. The minimum Gasteiger partial charge on any atom is -0.497 e. The molecule has 2 saturated heterocycles. The van der Waals surface area contributed by atoms with Crippen molar-refractivity contribution in [2.45, 2.75) is 75.9 Å². The van der Waals surface area contributed by atoms with Gasteiger partial charge >= 0.3 is 0 Å². The van der Waals surface area contributed by atoms with Gasteiger partial charge in [-0.05, 0) is 49.1 Å². The molecule has 0 bridgehead atoms. The number of aromatic nitrogens is 4. The summed E-state index contributed by atoms with van der Waals surface area (Å²) >= 11 is 0. The van der Waals surface area contributed by atoms with Crippen LogP contribution in [0, 0.1) is 0 Å². The molecule has 2 fully saturated rings. The lowest BCUT2D eigenvalue weighted by molar-refractivity contribution is -0.197. The molecule has 2 aromatic heterocycles. The van der Waals surface area contributed by atoms with Crippen molar-refractivity contribution in [2.75, 3.05) is 12.4 Å². The van der Waals surface area contributed by atoms with Gasteiger partial charge in [-0.25, -0.2) is 15.0 Å². The summed E-state index contributed by atoms with van der Waals surface area (Å²) in [6.45, 7) is 6.11. The van der Waals surface area contributed by atoms with Gasteiger partial charge in [0.15, 0.2) is 29.0 Å². The number of fused-ring (bicyclic) bond motifs is 2. The highest BCUT2D eigenvalue weighted by atomic mass is 16.8. The fraction of sp³-hybridized carbons (Fsp3) is 0.361. The van der Waals surface area contributed by atoms with Crippen molar-refractivity contribution >= 4 is 17.0 Å². The second-order valence-electron chi connectivity index (χ2n) is 12.2. The normalized spacial score (nSPS) is 22.4. The fourth-order valence-corrected chi connectivity index (χ4v) is 6.76. The Balaban J connectivity index is 1.34. The third-order valence-corrected chi connectivity index (χ3v) is 8.84. The first-order valence-corrected chi connectivity index (χ1v) is 15.7. The van der Waals surface area contributed by atoms with Crippen LogP contribution >= 0.6 is 0 Å². The number of methoxy groups -OCH3 is 1. The van der Waals surface area contributed by atoms with Crippen molar-refractivity contribution in [3.63, 3.8) is 0 Å². The number of benzene rings is 3. The van der Waals surface area contributed by atoms with Crippen LogP contribution in [-0.2, 0) is 19.7 Å². The Morgan fingerprint density at radius 2 is 1.49 bits per heavy atom. The van der Waals surface area contributed by atoms with E-state index in [1.54, 1.807) is 19.8 Å². The van der Waals surface area contributed by atoms with Gasteiger partial charge in [0.1, 0.15) is 29.8 Å². The Hall–Kier alpha value is -4.31.